The molecule has 0 heterocycles. The number of carbonyl (C=O) groups excluding carboxylic acids is 1. The van der Waals surface area contributed by atoms with Crippen LogP contribution in [-0.2, 0) is 15.7 Å². The third-order valence-corrected chi connectivity index (χ3v) is 2.66. The fourth-order valence-electron chi connectivity index (χ4n) is 1.59. The van der Waals surface area contributed by atoms with Crippen LogP contribution in [0.4, 0.5) is 24.5 Å². The molecule has 23 heavy (non-hydrogen) atoms. The van der Waals surface area contributed by atoms with E-state index >= 15 is 0 Å². The molecule has 0 radical (unpaired) electrons. The van der Waals surface area contributed by atoms with Crippen LogP contribution in [-0.4, -0.2) is 23.5 Å². The highest BCUT2D eigenvalue weighted by Gasteiger charge is 2.33. The number of esters is 1. The summed E-state index contributed by atoms with van der Waals surface area (Å²) < 4.78 is 42.3. The van der Waals surface area contributed by atoms with Crippen molar-refractivity contribution in [1.82, 2.24) is 0 Å². The number of hydrogen-bond acceptors (Lipinski definition) is 6. The normalized spacial score (nSPS) is 12.1. The van der Waals surface area contributed by atoms with Crippen LogP contribution in [0.5, 0.6) is 0 Å². The molecule has 0 saturated carbocycles. The average Bonchev–Trinajstić information content (AvgIpc) is 2.45. The zero-order chi connectivity index (χ0) is 17.6. The van der Waals surface area contributed by atoms with Crippen LogP contribution in [0.1, 0.15) is 18.9 Å². The van der Waals surface area contributed by atoms with Crippen LogP contribution in [0.2, 0.25) is 0 Å². The SMILES string of the molecule is C[C@H](C#N)OC(=O)CCNc1ccc(C(F)(F)F)cc1[N+](=O)[O-]. The van der Waals surface area contributed by atoms with Crippen LogP contribution in [0, 0.1) is 21.4 Å². The van der Waals surface area contributed by atoms with E-state index in [0.29, 0.717) is 12.1 Å². The highest BCUT2D eigenvalue weighted by molar-refractivity contribution is 5.71. The first-order chi connectivity index (χ1) is 10.6. The van der Waals surface area contributed by atoms with E-state index in [9.17, 15) is 28.1 Å². The number of hydrogen-bond donors (Lipinski definition) is 1. The lowest BCUT2D eigenvalue weighted by molar-refractivity contribution is -0.384. The van der Waals surface area contributed by atoms with Gasteiger partial charge in [-0.05, 0) is 19.1 Å². The topological polar surface area (TPSA) is 105 Å². The van der Waals surface area contributed by atoms with E-state index in [2.05, 4.69) is 10.1 Å². The van der Waals surface area contributed by atoms with Gasteiger partial charge in [-0.2, -0.15) is 18.4 Å². The second-order valence-electron chi connectivity index (χ2n) is 4.42. The van der Waals surface area contributed by atoms with Gasteiger partial charge < -0.3 is 10.1 Å². The number of alkyl halides is 3. The van der Waals surface area contributed by atoms with Gasteiger partial charge in [0.1, 0.15) is 11.8 Å². The van der Waals surface area contributed by atoms with E-state index in [0.717, 1.165) is 6.07 Å². The standard InChI is InChI=1S/C13H12F3N3O4/c1-8(7-17)23-12(20)4-5-18-10-3-2-9(13(14,15)16)6-11(10)19(21)22/h2-3,6,8,18H,4-5H2,1H3/t8-/m1/s1. The minimum Gasteiger partial charge on any atom is -0.447 e. The Labute approximate surface area is 128 Å². The number of benzene rings is 1. The van der Waals surface area contributed by atoms with Gasteiger partial charge in [0.2, 0.25) is 0 Å². The Balaban J connectivity index is 2.76. The van der Waals surface area contributed by atoms with E-state index in [1.807, 2.05) is 0 Å². The minimum atomic E-state index is -4.69. The van der Waals surface area contributed by atoms with Gasteiger partial charge in [0.05, 0.1) is 16.9 Å². The molecule has 7 nitrogen and oxygen atoms in total. The van der Waals surface area contributed by atoms with Gasteiger partial charge in [-0.3, -0.25) is 14.9 Å². The summed E-state index contributed by atoms with van der Waals surface area (Å²) in [5.41, 5.74) is -2.04. The summed E-state index contributed by atoms with van der Waals surface area (Å²) in [5, 5.41) is 21.8. The molecule has 0 amide bonds. The molecule has 0 bridgehead atoms. The van der Waals surface area contributed by atoms with E-state index < -0.39 is 34.4 Å². The molecule has 0 aromatic heterocycles. The molecular weight excluding hydrogens is 319 g/mol. The molecule has 0 fully saturated rings. The summed E-state index contributed by atoms with van der Waals surface area (Å²) in [5.74, 6) is -0.707. The Morgan fingerprint density at radius 1 is 1.52 bits per heavy atom. The van der Waals surface area contributed by atoms with Crippen LogP contribution in [0.3, 0.4) is 0 Å². The fourth-order valence-corrected chi connectivity index (χ4v) is 1.59. The molecule has 0 aliphatic rings. The number of nitriles is 1. The quantitative estimate of drug-likeness (QED) is 0.488. The average molecular weight is 331 g/mol. The molecule has 10 heteroatoms. The number of halogens is 3. The molecule has 0 aliphatic heterocycles. The highest BCUT2D eigenvalue weighted by atomic mass is 19.4. The van der Waals surface area contributed by atoms with Crippen molar-refractivity contribution in [2.45, 2.75) is 25.6 Å². The summed E-state index contributed by atoms with van der Waals surface area (Å²) in [7, 11) is 0. The lowest BCUT2D eigenvalue weighted by Crippen LogP contribution is -2.16. The molecule has 0 spiro atoms. The second-order valence-corrected chi connectivity index (χ2v) is 4.42. The van der Waals surface area contributed by atoms with Gasteiger partial charge >= 0.3 is 12.1 Å². The molecule has 1 N–H and O–H groups in total. The van der Waals surface area contributed by atoms with Crippen LogP contribution >= 0.6 is 0 Å². The first-order valence-electron chi connectivity index (χ1n) is 6.33. The van der Waals surface area contributed by atoms with Crippen molar-refractivity contribution < 1.29 is 27.6 Å². The molecule has 1 rings (SSSR count). The third-order valence-electron chi connectivity index (χ3n) is 2.66. The molecule has 0 unspecified atom stereocenters. The molecule has 1 aromatic rings. The number of carbonyl (C=O) groups is 1. The molecule has 124 valence electrons. The zero-order valence-electron chi connectivity index (χ0n) is 11.9. The molecular formula is C13H12F3N3O4. The van der Waals surface area contributed by atoms with Gasteiger partial charge in [-0.15, -0.1) is 0 Å². The molecule has 0 saturated heterocycles. The predicted molar refractivity (Wildman–Crippen MR) is 72.4 cm³/mol. The van der Waals surface area contributed by atoms with Crippen molar-refractivity contribution in [3.8, 4) is 6.07 Å². The highest BCUT2D eigenvalue weighted by Crippen LogP contribution is 2.34. The first kappa shape index (κ1) is 18.2. The zero-order valence-corrected chi connectivity index (χ0v) is 11.9. The van der Waals surface area contributed by atoms with Crippen molar-refractivity contribution >= 4 is 17.3 Å². The molecule has 1 atom stereocenters. The van der Waals surface area contributed by atoms with Crippen LogP contribution < -0.4 is 5.32 Å². The van der Waals surface area contributed by atoms with Gasteiger partial charge in [0, 0.05) is 12.6 Å². The van der Waals surface area contributed by atoms with Crippen molar-refractivity contribution in [2.24, 2.45) is 0 Å². The summed E-state index contributed by atoms with van der Waals surface area (Å²) in [6.45, 7) is 1.27. The Morgan fingerprint density at radius 2 is 2.17 bits per heavy atom. The maximum absolute atomic E-state index is 12.5. The number of nitrogens with zero attached hydrogens (tertiary/aromatic N) is 2. The van der Waals surface area contributed by atoms with E-state index in [4.69, 9.17) is 5.26 Å². The Bertz CT molecular complexity index is 640. The third kappa shape index (κ3) is 5.46. The smallest absolute Gasteiger partial charge is 0.416 e. The monoisotopic (exact) mass is 331 g/mol. The fraction of sp³-hybridized carbons (Fsp3) is 0.385. The largest absolute Gasteiger partial charge is 0.447 e. The number of nitrogens with one attached hydrogen (secondary N) is 1. The number of rotatable bonds is 6. The summed E-state index contributed by atoms with van der Waals surface area (Å²) in [4.78, 5) is 21.2. The predicted octanol–water partition coefficient (Wildman–Crippen LogP) is 2.87. The number of ether oxygens (including phenoxy) is 1. The Hall–Kier alpha value is -2.83. The minimum absolute atomic E-state index is 0.0941. The van der Waals surface area contributed by atoms with E-state index in [1.165, 1.54) is 6.92 Å². The van der Waals surface area contributed by atoms with Crippen molar-refractivity contribution in [3.05, 3.63) is 33.9 Å². The maximum Gasteiger partial charge on any atom is 0.416 e. The summed E-state index contributed by atoms with van der Waals surface area (Å²) in [6, 6.07) is 3.72. The van der Waals surface area contributed by atoms with E-state index in [1.54, 1.807) is 6.07 Å². The van der Waals surface area contributed by atoms with Gasteiger partial charge in [0.25, 0.3) is 5.69 Å². The van der Waals surface area contributed by atoms with E-state index in [-0.39, 0.29) is 18.7 Å². The van der Waals surface area contributed by atoms with Gasteiger partial charge in [-0.25, -0.2) is 0 Å². The Morgan fingerprint density at radius 3 is 2.70 bits per heavy atom. The van der Waals surface area contributed by atoms with Crippen LogP contribution in [0.15, 0.2) is 18.2 Å². The number of nitro benzene ring substituents is 1. The van der Waals surface area contributed by atoms with Crippen molar-refractivity contribution in [2.75, 3.05) is 11.9 Å². The Kier molecular flexibility index (Phi) is 5.89. The van der Waals surface area contributed by atoms with Crippen molar-refractivity contribution in [3.63, 3.8) is 0 Å². The van der Waals surface area contributed by atoms with Gasteiger partial charge in [-0.1, -0.05) is 0 Å². The van der Waals surface area contributed by atoms with Gasteiger partial charge in [0.15, 0.2) is 6.10 Å². The second kappa shape index (κ2) is 7.44. The number of nitro groups is 1. The maximum atomic E-state index is 12.5. The first-order valence-corrected chi connectivity index (χ1v) is 6.33. The van der Waals surface area contributed by atoms with Crippen molar-refractivity contribution in [1.29, 1.82) is 5.26 Å². The summed E-state index contributed by atoms with van der Waals surface area (Å²) >= 11 is 0. The summed E-state index contributed by atoms with van der Waals surface area (Å²) in [6.07, 6.45) is -5.83. The molecule has 1 aromatic carbocycles. The lowest BCUT2D eigenvalue weighted by atomic mass is 10.1. The molecule has 0 aliphatic carbocycles. The van der Waals surface area contributed by atoms with Crippen LogP contribution in [0.25, 0.3) is 0 Å². The number of anilines is 1. The lowest BCUT2D eigenvalue weighted by Gasteiger charge is -2.11.